The molecular formula is C21H35IN4O. The molecule has 1 aromatic carbocycles. The van der Waals surface area contributed by atoms with Crippen LogP contribution in [0.5, 0.6) is 0 Å². The van der Waals surface area contributed by atoms with Gasteiger partial charge >= 0.3 is 0 Å². The van der Waals surface area contributed by atoms with Gasteiger partial charge in [0.05, 0.1) is 13.2 Å². The van der Waals surface area contributed by atoms with E-state index in [4.69, 9.17) is 9.73 Å². The van der Waals surface area contributed by atoms with E-state index in [0.717, 1.165) is 71.2 Å². The third kappa shape index (κ3) is 9.46. The van der Waals surface area contributed by atoms with Gasteiger partial charge in [0.15, 0.2) is 5.96 Å². The molecule has 27 heavy (non-hydrogen) atoms. The van der Waals surface area contributed by atoms with Crippen LogP contribution >= 0.6 is 24.0 Å². The number of aliphatic imine (C=N–C) groups is 1. The number of guanidine groups is 1. The molecular weight excluding hydrogens is 451 g/mol. The molecule has 0 bridgehead atoms. The van der Waals surface area contributed by atoms with Crippen LogP contribution in [0, 0.1) is 0 Å². The molecule has 152 valence electrons. The van der Waals surface area contributed by atoms with Crippen LogP contribution in [-0.4, -0.2) is 51.9 Å². The molecule has 0 saturated heterocycles. The Bertz CT molecular complexity index is 563. The monoisotopic (exact) mass is 486 g/mol. The normalized spacial score (nSPS) is 14.1. The Morgan fingerprint density at radius 2 is 2.00 bits per heavy atom. The zero-order valence-corrected chi connectivity index (χ0v) is 19.1. The van der Waals surface area contributed by atoms with E-state index in [-0.39, 0.29) is 24.0 Å². The average Bonchev–Trinajstić information content (AvgIpc) is 2.69. The highest BCUT2D eigenvalue weighted by Crippen LogP contribution is 2.13. The largest absolute Gasteiger partial charge is 0.377 e. The molecule has 0 aliphatic carbocycles. The lowest BCUT2D eigenvalue weighted by molar-refractivity contribution is 0.153. The van der Waals surface area contributed by atoms with Gasteiger partial charge in [-0.1, -0.05) is 29.8 Å². The van der Waals surface area contributed by atoms with E-state index in [2.05, 4.69) is 65.8 Å². The SMILES string of the molecule is CCNC(=NCCCN(CC)c1ccccc1)NCCC1=CCOCC1.I. The standard InChI is InChI=1S/C21H34N4O.HI/c1-3-22-21(24-15-11-19-12-17-26-18-13-19)23-14-8-16-25(4-2)20-9-6-5-7-10-20;/h5-7,9-10,12H,3-4,8,11,13-18H2,1-2H3,(H2,22,23,24);1H. The van der Waals surface area contributed by atoms with Crippen molar-refractivity contribution in [2.45, 2.75) is 33.1 Å². The molecule has 5 nitrogen and oxygen atoms in total. The summed E-state index contributed by atoms with van der Waals surface area (Å²) in [6.07, 6.45) is 5.37. The summed E-state index contributed by atoms with van der Waals surface area (Å²) in [5, 5.41) is 6.78. The molecule has 0 unspecified atom stereocenters. The van der Waals surface area contributed by atoms with Crippen LogP contribution in [0.15, 0.2) is 47.0 Å². The van der Waals surface area contributed by atoms with Crippen molar-refractivity contribution in [3.8, 4) is 0 Å². The molecule has 0 atom stereocenters. The van der Waals surface area contributed by atoms with Crippen LogP contribution in [-0.2, 0) is 4.74 Å². The Kier molecular flexibility index (Phi) is 13.0. The molecule has 1 aliphatic rings. The van der Waals surface area contributed by atoms with Crippen LogP contribution in [0.3, 0.4) is 0 Å². The van der Waals surface area contributed by atoms with Gasteiger partial charge in [0.1, 0.15) is 0 Å². The number of ether oxygens (including phenoxy) is 1. The lowest BCUT2D eigenvalue weighted by Crippen LogP contribution is -2.38. The van der Waals surface area contributed by atoms with E-state index in [1.54, 1.807) is 0 Å². The molecule has 0 amide bonds. The maximum Gasteiger partial charge on any atom is 0.191 e. The summed E-state index contributed by atoms with van der Waals surface area (Å²) < 4.78 is 5.35. The van der Waals surface area contributed by atoms with Crippen molar-refractivity contribution in [2.75, 3.05) is 50.8 Å². The van der Waals surface area contributed by atoms with E-state index >= 15 is 0 Å². The lowest BCUT2D eigenvalue weighted by atomic mass is 10.1. The summed E-state index contributed by atoms with van der Waals surface area (Å²) >= 11 is 0. The van der Waals surface area contributed by atoms with Crippen molar-refractivity contribution in [2.24, 2.45) is 4.99 Å². The fourth-order valence-corrected chi connectivity index (χ4v) is 3.04. The van der Waals surface area contributed by atoms with E-state index in [1.807, 2.05) is 0 Å². The maximum atomic E-state index is 5.35. The van der Waals surface area contributed by atoms with Gasteiger partial charge in [-0.15, -0.1) is 24.0 Å². The van der Waals surface area contributed by atoms with E-state index in [1.165, 1.54) is 11.3 Å². The van der Waals surface area contributed by atoms with Gasteiger partial charge in [-0.05, 0) is 45.2 Å². The Morgan fingerprint density at radius 3 is 2.67 bits per heavy atom. The third-order valence-electron chi connectivity index (χ3n) is 4.50. The molecule has 1 aromatic rings. The number of nitrogens with one attached hydrogen (secondary N) is 2. The number of hydrogen-bond donors (Lipinski definition) is 2. The molecule has 0 radical (unpaired) electrons. The second-order valence-corrected chi connectivity index (χ2v) is 6.39. The van der Waals surface area contributed by atoms with Crippen molar-refractivity contribution in [1.29, 1.82) is 0 Å². The minimum Gasteiger partial charge on any atom is -0.377 e. The summed E-state index contributed by atoms with van der Waals surface area (Å²) in [5.74, 6) is 0.919. The highest BCUT2D eigenvalue weighted by Gasteiger charge is 2.05. The molecule has 0 aromatic heterocycles. The van der Waals surface area contributed by atoms with E-state index in [9.17, 15) is 0 Å². The second-order valence-electron chi connectivity index (χ2n) is 6.39. The van der Waals surface area contributed by atoms with Gasteiger partial charge in [0, 0.05) is 38.4 Å². The summed E-state index contributed by atoms with van der Waals surface area (Å²) in [5.41, 5.74) is 2.77. The minimum atomic E-state index is 0. The molecule has 2 N–H and O–H groups in total. The number of benzene rings is 1. The molecule has 0 spiro atoms. The smallest absolute Gasteiger partial charge is 0.191 e. The first-order valence-electron chi connectivity index (χ1n) is 9.91. The van der Waals surface area contributed by atoms with Crippen LogP contribution in [0.4, 0.5) is 5.69 Å². The Labute approximate surface area is 181 Å². The van der Waals surface area contributed by atoms with Crippen LogP contribution in [0.1, 0.15) is 33.1 Å². The predicted octanol–water partition coefficient (Wildman–Crippen LogP) is 3.81. The van der Waals surface area contributed by atoms with Crippen molar-refractivity contribution in [3.63, 3.8) is 0 Å². The van der Waals surface area contributed by atoms with Gasteiger partial charge in [-0.2, -0.15) is 0 Å². The van der Waals surface area contributed by atoms with Gasteiger partial charge in [-0.25, -0.2) is 0 Å². The maximum absolute atomic E-state index is 5.35. The first-order chi connectivity index (χ1) is 12.8. The van der Waals surface area contributed by atoms with Crippen molar-refractivity contribution in [1.82, 2.24) is 10.6 Å². The zero-order chi connectivity index (χ0) is 18.5. The number of rotatable bonds is 10. The van der Waals surface area contributed by atoms with Crippen LogP contribution in [0.25, 0.3) is 0 Å². The first-order valence-corrected chi connectivity index (χ1v) is 9.91. The average molecular weight is 486 g/mol. The topological polar surface area (TPSA) is 48.9 Å². The third-order valence-corrected chi connectivity index (χ3v) is 4.50. The quantitative estimate of drug-likeness (QED) is 0.174. The van der Waals surface area contributed by atoms with E-state index in [0.29, 0.717) is 0 Å². The number of halogens is 1. The molecule has 1 aliphatic heterocycles. The predicted molar refractivity (Wildman–Crippen MR) is 126 cm³/mol. The molecule has 0 saturated carbocycles. The van der Waals surface area contributed by atoms with Crippen molar-refractivity contribution < 1.29 is 4.74 Å². The van der Waals surface area contributed by atoms with Crippen molar-refractivity contribution in [3.05, 3.63) is 42.0 Å². The summed E-state index contributed by atoms with van der Waals surface area (Å²) in [6, 6.07) is 10.6. The molecule has 6 heteroatoms. The van der Waals surface area contributed by atoms with Crippen LogP contribution in [0.2, 0.25) is 0 Å². The van der Waals surface area contributed by atoms with Gasteiger partial charge in [0.2, 0.25) is 0 Å². The highest BCUT2D eigenvalue weighted by atomic mass is 127. The number of nitrogens with zero attached hydrogens (tertiary/aromatic N) is 2. The van der Waals surface area contributed by atoms with Gasteiger partial charge in [0.25, 0.3) is 0 Å². The highest BCUT2D eigenvalue weighted by molar-refractivity contribution is 14.0. The summed E-state index contributed by atoms with van der Waals surface area (Å²) in [6.45, 7) is 10.6. The fourth-order valence-electron chi connectivity index (χ4n) is 3.04. The van der Waals surface area contributed by atoms with Gasteiger partial charge in [-0.3, -0.25) is 4.99 Å². The number of hydrogen-bond acceptors (Lipinski definition) is 3. The molecule has 1 heterocycles. The molecule has 2 rings (SSSR count). The summed E-state index contributed by atoms with van der Waals surface area (Å²) in [7, 11) is 0. The lowest BCUT2D eigenvalue weighted by Gasteiger charge is -2.22. The Balaban J connectivity index is 0.00000364. The number of anilines is 1. The first kappa shape index (κ1) is 23.8. The Morgan fingerprint density at radius 1 is 1.19 bits per heavy atom. The summed E-state index contributed by atoms with van der Waals surface area (Å²) in [4.78, 5) is 7.12. The minimum absolute atomic E-state index is 0. The Hall–Kier alpha value is -1.28. The van der Waals surface area contributed by atoms with E-state index < -0.39 is 0 Å². The number of para-hydroxylation sites is 1. The van der Waals surface area contributed by atoms with Crippen LogP contribution < -0.4 is 15.5 Å². The molecule has 0 fully saturated rings. The second kappa shape index (κ2) is 14.7. The van der Waals surface area contributed by atoms with Crippen molar-refractivity contribution >= 4 is 35.6 Å². The fraction of sp³-hybridized carbons (Fsp3) is 0.571. The van der Waals surface area contributed by atoms with Gasteiger partial charge < -0.3 is 20.3 Å². The zero-order valence-electron chi connectivity index (χ0n) is 16.7.